The molecule has 1 heterocycles. The van der Waals surface area contributed by atoms with Crippen LogP contribution >= 0.6 is 0 Å². The third-order valence-electron chi connectivity index (χ3n) is 2.15. The van der Waals surface area contributed by atoms with Gasteiger partial charge in [-0.1, -0.05) is 6.07 Å². The highest BCUT2D eigenvalue weighted by Gasteiger charge is 2.17. The summed E-state index contributed by atoms with van der Waals surface area (Å²) >= 11 is 0. The molecule has 0 saturated carbocycles. The van der Waals surface area contributed by atoms with Crippen LogP contribution in [0.25, 0.3) is 0 Å². The van der Waals surface area contributed by atoms with Gasteiger partial charge in [0, 0.05) is 12.2 Å². The summed E-state index contributed by atoms with van der Waals surface area (Å²) in [5, 5.41) is 2.63. The lowest BCUT2D eigenvalue weighted by molar-refractivity contribution is 0.0524. The van der Waals surface area contributed by atoms with Gasteiger partial charge >= 0.3 is 6.09 Å². The predicted octanol–water partition coefficient (Wildman–Crippen LogP) is 1.91. The second-order valence-corrected chi connectivity index (χ2v) is 5.19. The topological polar surface area (TPSA) is 77.2 Å². The van der Waals surface area contributed by atoms with Crippen molar-refractivity contribution in [3.8, 4) is 0 Å². The first-order chi connectivity index (χ1) is 8.28. The zero-order valence-electron chi connectivity index (χ0n) is 11.4. The summed E-state index contributed by atoms with van der Waals surface area (Å²) in [5.41, 5.74) is 7.10. The molecular weight excluding hydrogens is 230 g/mol. The molecule has 1 rings (SSSR count). The largest absolute Gasteiger partial charge is 0.444 e. The van der Waals surface area contributed by atoms with Crippen LogP contribution in [0.3, 0.4) is 0 Å². The van der Waals surface area contributed by atoms with Crippen molar-refractivity contribution in [1.82, 2.24) is 10.3 Å². The molecule has 100 valence electrons. The molecule has 0 aromatic carbocycles. The van der Waals surface area contributed by atoms with E-state index in [0.717, 1.165) is 11.4 Å². The van der Waals surface area contributed by atoms with Crippen LogP contribution in [0.15, 0.2) is 18.2 Å². The van der Waals surface area contributed by atoms with Crippen molar-refractivity contribution in [2.75, 3.05) is 6.54 Å². The zero-order chi connectivity index (χ0) is 13.8. The number of amides is 1. The summed E-state index contributed by atoms with van der Waals surface area (Å²) in [6, 6.07) is 5.30. The number of nitrogens with zero attached hydrogens (tertiary/aromatic N) is 1. The summed E-state index contributed by atoms with van der Waals surface area (Å²) in [5.74, 6) is 0. The maximum atomic E-state index is 11.5. The van der Waals surface area contributed by atoms with Gasteiger partial charge in [-0.2, -0.15) is 0 Å². The van der Waals surface area contributed by atoms with E-state index in [0.29, 0.717) is 6.54 Å². The van der Waals surface area contributed by atoms with Crippen molar-refractivity contribution in [1.29, 1.82) is 0 Å². The maximum Gasteiger partial charge on any atom is 0.407 e. The number of hydrogen-bond acceptors (Lipinski definition) is 4. The van der Waals surface area contributed by atoms with Crippen molar-refractivity contribution in [3.05, 3.63) is 29.6 Å². The van der Waals surface area contributed by atoms with Crippen molar-refractivity contribution in [3.63, 3.8) is 0 Å². The fourth-order valence-electron chi connectivity index (χ4n) is 1.38. The molecule has 1 amide bonds. The molecule has 3 N–H and O–H groups in total. The number of aryl methyl sites for hydroxylation is 1. The lowest BCUT2D eigenvalue weighted by Crippen LogP contribution is -2.36. The Labute approximate surface area is 108 Å². The molecule has 0 bridgehead atoms. The third-order valence-corrected chi connectivity index (χ3v) is 2.15. The molecule has 1 unspecified atom stereocenters. The molecule has 1 aromatic rings. The standard InChI is InChI=1S/C13H21N3O2/c1-9-6-5-7-11(16-9)10(14)8-15-12(17)18-13(2,3)4/h5-7,10H,8,14H2,1-4H3,(H,15,17). The van der Waals surface area contributed by atoms with Crippen LogP contribution in [-0.2, 0) is 4.74 Å². The van der Waals surface area contributed by atoms with E-state index < -0.39 is 11.7 Å². The molecule has 0 radical (unpaired) electrons. The van der Waals surface area contributed by atoms with Crippen molar-refractivity contribution in [2.24, 2.45) is 5.73 Å². The van der Waals surface area contributed by atoms with Gasteiger partial charge in [0.1, 0.15) is 5.60 Å². The highest BCUT2D eigenvalue weighted by molar-refractivity contribution is 5.67. The van der Waals surface area contributed by atoms with Crippen molar-refractivity contribution < 1.29 is 9.53 Å². The smallest absolute Gasteiger partial charge is 0.407 e. The summed E-state index contributed by atoms with van der Waals surface area (Å²) < 4.78 is 5.12. The van der Waals surface area contributed by atoms with E-state index in [-0.39, 0.29) is 6.04 Å². The van der Waals surface area contributed by atoms with Crippen LogP contribution in [0.5, 0.6) is 0 Å². The van der Waals surface area contributed by atoms with E-state index in [9.17, 15) is 4.79 Å². The van der Waals surface area contributed by atoms with E-state index in [2.05, 4.69) is 10.3 Å². The number of carbonyl (C=O) groups excluding carboxylic acids is 1. The Kier molecular flexibility index (Phi) is 4.67. The number of carbonyl (C=O) groups is 1. The molecule has 18 heavy (non-hydrogen) atoms. The number of pyridine rings is 1. The SMILES string of the molecule is Cc1cccc(C(N)CNC(=O)OC(C)(C)C)n1. The Balaban J connectivity index is 2.46. The Morgan fingerprint density at radius 2 is 2.17 bits per heavy atom. The zero-order valence-corrected chi connectivity index (χ0v) is 11.4. The summed E-state index contributed by atoms with van der Waals surface area (Å²) in [4.78, 5) is 15.8. The maximum absolute atomic E-state index is 11.5. The fraction of sp³-hybridized carbons (Fsp3) is 0.538. The Morgan fingerprint density at radius 3 is 2.72 bits per heavy atom. The first kappa shape index (κ1) is 14.4. The van der Waals surface area contributed by atoms with Crippen LogP contribution in [0.4, 0.5) is 4.79 Å². The first-order valence-electron chi connectivity index (χ1n) is 5.94. The van der Waals surface area contributed by atoms with Crippen LogP contribution < -0.4 is 11.1 Å². The van der Waals surface area contributed by atoms with Crippen molar-refractivity contribution in [2.45, 2.75) is 39.3 Å². The number of ether oxygens (including phenoxy) is 1. The minimum atomic E-state index is -0.504. The van der Waals surface area contributed by atoms with Gasteiger partial charge in [0.05, 0.1) is 11.7 Å². The third kappa shape index (κ3) is 5.14. The molecule has 1 atom stereocenters. The van der Waals surface area contributed by atoms with E-state index in [1.165, 1.54) is 0 Å². The average Bonchev–Trinajstić information content (AvgIpc) is 2.23. The van der Waals surface area contributed by atoms with Gasteiger partial charge in [-0.25, -0.2) is 4.79 Å². The quantitative estimate of drug-likeness (QED) is 0.860. The normalized spacial score (nSPS) is 12.9. The highest BCUT2D eigenvalue weighted by atomic mass is 16.6. The minimum absolute atomic E-state index is 0.297. The monoisotopic (exact) mass is 251 g/mol. The van der Waals surface area contributed by atoms with Crippen LogP contribution in [0, 0.1) is 6.92 Å². The van der Waals surface area contributed by atoms with Gasteiger partial charge < -0.3 is 15.8 Å². The molecule has 0 saturated heterocycles. The van der Waals surface area contributed by atoms with Crippen molar-refractivity contribution >= 4 is 6.09 Å². The fourth-order valence-corrected chi connectivity index (χ4v) is 1.38. The molecule has 5 heteroatoms. The Bertz CT molecular complexity index is 413. The molecule has 0 fully saturated rings. The van der Waals surface area contributed by atoms with E-state index >= 15 is 0 Å². The van der Waals surface area contributed by atoms with E-state index in [1.54, 1.807) is 0 Å². The molecule has 0 spiro atoms. The second-order valence-electron chi connectivity index (χ2n) is 5.19. The molecular formula is C13H21N3O2. The van der Waals surface area contributed by atoms with Gasteiger partial charge in [-0.3, -0.25) is 4.98 Å². The molecule has 0 aliphatic heterocycles. The lowest BCUT2D eigenvalue weighted by Gasteiger charge is -2.20. The number of nitrogens with two attached hydrogens (primary N) is 1. The number of hydrogen-bond donors (Lipinski definition) is 2. The second kappa shape index (κ2) is 5.82. The highest BCUT2D eigenvalue weighted by Crippen LogP contribution is 2.09. The molecule has 1 aromatic heterocycles. The van der Waals surface area contributed by atoms with Crippen LogP contribution in [0.2, 0.25) is 0 Å². The Morgan fingerprint density at radius 1 is 1.50 bits per heavy atom. The van der Waals surface area contributed by atoms with Gasteiger partial charge in [-0.15, -0.1) is 0 Å². The average molecular weight is 251 g/mol. The number of nitrogens with one attached hydrogen (secondary N) is 1. The van der Waals surface area contributed by atoms with Gasteiger partial charge in [0.2, 0.25) is 0 Å². The van der Waals surface area contributed by atoms with Crippen LogP contribution in [0.1, 0.15) is 38.2 Å². The summed E-state index contributed by atoms with van der Waals surface area (Å²) in [6.45, 7) is 7.64. The molecule has 0 aliphatic carbocycles. The van der Waals surface area contributed by atoms with Crippen LogP contribution in [-0.4, -0.2) is 23.2 Å². The van der Waals surface area contributed by atoms with E-state index in [1.807, 2.05) is 45.9 Å². The van der Waals surface area contributed by atoms with E-state index in [4.69, 9.17) is 10.5 Å². The molecule has 5 nitrogen and oxygen atoms in total. The van der Waals surface area contributed by atoms with Gasteiger partial charge in [-0.05, 0) is 39.8 Å². The number of aromatic nitrogens is 1. The first-order valence-corrected chi connectivity index (χ1v) is 5.94. The summed E-state index contributed by atoms with van der Waals surface area (Å²) in [6.07, 6.45) is -0.467. The summed E-state index contributed by atoms with van der Waals surface area (Å²) in [7, 11) is 0. The van der Waals surface area contributed by atoms with Gasteiger partial charge in [0.25, 0.3) is 0 Å². The lowest BCUT2D eigenvalue weighted by atomic mass is 10.2. The number of rotatable bonds is 3. The van der Waals surface area contributed by atoms with Gasteiger partial charge in [0.15, 0.2) is 0 Å². The minimum Gasteiger partial charge on any atom is -0.444 e. The Hall–Kier alpha value is -1.62. The molecule has 0 aliphatic rings. The number of alkyl carbamates (subject to hydrolysis) is 1. The predicted molar refractivity (Wildman–Crippen MR) is 70.1 cm³/mol.